The molecular formula is C12H17FO. The lowest BCUT2D eigenvalue weighted by Gasteiger charge is -2.22. The Morgan fingerprint density at radius 1 is 1.71 bits per heavy atom. The van der Waals surface area contributed by atoms with Gasteiger partial charge in [0, 0.05) is 0 Å². The highest BCUT2D eigenvalue weighted by Crippen LogP contribution is 2.25. The molecule has 14 heavy (non-hydrogen) atoms. The summed E-state index contributed by atoms with van der Waals surface area (Å²) >= 11 is 0. The Labute approximate surface area is 85.0 Å². The van der Waals surface area contributed by atoms with E-state index in [1.807, 2.05) is 0 Å². The van der Waals surface area contributed by atoms with Crippen LogP contribution in [-0.4, -0.2) is 13.3 Å². The first-order valence-electron chi connectivity index (χ1n) is 4.89. The zero-order valence-corrected chi connectivity index (χ0v) is 8.85. The van der Waals surface area contributed by atoms with Crippen molar-refractivity contribution in [2.45, 2.75) is 20.3 Å². The van der Waals surface area contributed by atoms with Crippen LogP contribution in [0.1, 0.15) is 20.3 Å². The first-order valence-corrected chi connectivity index (χ1v) is 4.89. The maximum Gasteiger partial charge on any atom is 0.122 e. The highest BCUT2D eigenvalue weighted by molar-refractivity contribution is 5.31. The molecule has 0 aliphatic carbocycles. The first kappa shape index (κ1) is 11.0. The van der Waals surface area contributed by atoms with Crippen molar-refractivity contribution in [3.05, 3.63) is 35.6 Å². The van der Waals surface area contributed by atoms with Crippen molar-refractivity contribution in [3.8, 4) is 0 Å². The third-order valence-electron chi connectivity index (χ3n) is 2.24. The predicted molar refractivity (Wildman–Crippen MR) is 56.7 cm³/mol. The van der Waals surface area contributed by atoms with Gasteiger partial charge in [-0.3, -0.25) is 0 Å². The molecule has 78 valence electrons. The molecule has 0 bridgehead atoms. The molecule has 1 unspecified atom stereocenters. The molecule has 0 fully saturated rings. The Morgan fingerprint density at radius 2 is 2.43 bits per heavy atom. The van der Waals surface area contributed by atoms with Crippen molar-refractivity contribution >= 4 is 0 Å². The van der Waals surface area contributed by atoms with Gasteiger partial charge in [0.15, 0.2) is 0 Å². The molecule has 2 heteroatoms. The highest BCUT2D eigenvalue weighted by Gasteiger charge is 2.15. The van der Waals surface area contributed by atoms with E-state index in [2.05, 4.69) is 13.5 Å². The molecule has 0 amide bonds. The van der Waals surface area contributed by atoms with Crippen LogP contribution in [0.5, 0.6) is 0 Å². The standard InChI is InChI=1S/C12H17FO/c1-4-11-5-10(3)8-14-12(11)6-9(2)7-13/h4,6,10H,1,5,7-8H2,2-3H3/b9-6-. The van der Waals surface area contributed by atoms with Gasteiger partial charge in [-0.25, -0.2) is 4.39 Å². The Bertz CT molecular complexity index is 276. The van der Waals surface area contributed by atoms with Crippen molar-refractivity contribution < 1.29 is 9.13 Å². The molecular weight excluding hydrogens is 179 g/mol. The molecule has 0 saturated heterocycles. The van der Waals surface area contributed by atoms with Crippen molar-refractivity contribution in [2.75, 3.05) is 13.3 Å². The van der Waals surface area contributed by atoms with Gasteiger partial charge >= 0.3 is 0 Å². The smallest absolute Gasteiger partial charge is 0.122 e. The third kappa shape index (κ3) is 2.72. The average Bonchev–Trinajstić information content (AvgIpc) is 2.20. The lowest BCUT2D eigenvalue weighted by molar-refractivity contribution is 0.160. The summed E-state index contributed by atoms with van der Waals surface area (Å²) in [6.07, 6.45) is 4.53. The number of alkyl halides is 1. The monoisotopic (exact) mass is 196 g/mol. The van der Waals surface area contributed by atoms with Gasteiger partial charge in [0.2, 0.25) is 0 Å². The second-order valence-corrected chi connectivity index (χ2v) is 3.84. The van der Waals surface area contributed by atoms with Gasteiger partial charge in [-0.1, -0.05) is 19.6 Å². The number of hydrogen-bond acceptors (Lipinski definition) is 1. The van der Waals surface area contributed by atoms with Crippen LogP contribution in [-0.2, 0) is 4.74 Å². The zero-order chi connectivity index (χ0) is 10.6. The fraction of sp³-hybridized carbons (Fsp3) is 0.500. The molecule has 0 aromatic heterocycles. The summed E-state index contributed by atoms with van der Waals surface area (Å²) in [5, 5.41) is 0. The van der Waals surface area contributed by atoms with Crippen molar-refractivity contribution in [1.82, 2.24) is 0 Å². The molecule has 1 aliphatic rings. The van der Waals surface area contributed by atoms with Crippen LogP contribution in [0.3, 0.4) is 0 Å². The van der Waals surface area contributed by atoms with E-state index in [1.54, 1.807) is 19.1 Å². The molecule has 0 radical (unpaired) electrons. The lowest BCUT2D eigenvalue weighted by Crippen LogP contribution is -2.13. The Kier molecular flexibility index (Phi) is 3.93. The maximum absolute atomic E-state index is 12.3. The number of allylic oxidation sites excluding steroid dienone is 4. The highest BCUT2D eigenvalue weighted by atomic mass is 19.1. The van der Waals surface area contributed by atoms with Gasteiger partial charge in [0.1, 0.15) is 12.4 Å². The molecule has 1 atom stereocenters. The van der Waals surface area contributed by atoms with Crippen LogP contribution in [0.4, 0.5) is 4.39 Å². The maximum atomic E-state index is 12.3. The van der Waals surface area contributed by atoms with E-state index in [9.17, 15) is 4.39 Å². The summed E-state index contributed by atoms with van der Waals surface area (Å²) in [5.41, 5.74) is 1.77. The minimum atomic E-state index is -0.424. The molecule has 0 aromatic rings. The molecule has 1 nitrogen and oxygen atoms in total. The molecule has 0 spiro atoms. The summed E-state index contributed by atoms with van der Waals surface area (Å²) in [5.74, 6) is 1.30. The van der Waals surface area contributed by atoms with Crippen molar-refractivity contribution in [3.63, 3.8) is 0 Å². The van der Waals surface area contributed by atoms with Gasteiger partial charge in [0.25, 0.3) is 0 Å². The first-order chi connectivity index (χ1) is 6.67. The van der Waals surface area contributed by atoms with E-state index in [1.165, 1.54) is 0 Å². The van der Waals surface area contributed by atoms with Crippen LogP contribution < -0.4 is 0 Å². The Balaban J connectivity index is 2.88. The van der Waals surface area contributed by atoms with E-state index in [4.69, 9.17) is 4.74 Å². The fourth-order valence-corrected chi connectivity index (χ4v) is 1.44. The Hall–Kier alpha value is -1.05. The number of hydrogen-bond donors (Lipinski definition) is 0. The number of halogens is 1. The third-order valence-corrected chi connectivity index (χ3v) is 2.24. The van der Waals surface area contributed by atoms with E-state index in [0.29, 0.717) is 18.1 Å². The van der Waals surface area contributed by atoms with Gasteiger partial charge in [-0.2, -0.15) is 0 Å². The molecule has 0 aromatic carbocycles. The largest absolute Gasteiger partial charge is 0.493 e. The number of rotatable bonds is 3. The van der Waals surface area contributed by atoms with E-state index < -0.39 is 6.67 Å². The zero-order valence-electron chi connectivity index (χ0n) is 8.85. The van der Waals surface area contributed by atoms with Crippen LogP contribution in [0.15, 0.2) is 35.6 Å². The van der Waals surface area contributed by atoms with E-state index in [0.717, 1.165) is 17.8 Å². The Morgan fingerprint density at radius 3 is 3.00 bits per heavy atom. The summed E-state index contributed by atoms with van der Waals surface area (Å²) in [4.78, 5) is 0. The molecule has 1 heterocycles. The fourth-order valence-electron chi connectivity index (χ4n) is 1.44. The average molecular weight is 196 g/mol. The van der Waals surface area contributed by atoms with Gasteiger partial charge in [-0.05, 0) is 36.5 Å². The summed E-state index contributed by atoms with van der Waals surface area (Å²) in [6, 6.07) is 0. The quantitative estimate of drug-likeness (QED) is 0.672. The van der Waals surface area contributed by atoms with Gasteiger partial charge in [0.05, 0.1) is 6.61 Å². The molecule has 0 saturated carbocycles. The minimum absolute atomic E-state index is 0.424. The molecule has 1 rings (SSSR count). The second-order valence-electron chi connectivity index (χ2n) is 3.84. The van der Waals surface area contributed by atoms with Crippen LogP contribution >= 0.6 is 0 Å². The molecule has 0 N–H and O–H groups in total. The van der Waals surface area contributed by atoms with Crippen LogP contribution in [0, 0.1) is 5.92 Å². The van der Waals surface area contributed by atoms with Gasteiger partial charge < -0.3 is 4.74 Å². The van der Waals surface area contributed by atoms with Crippen molar-refractivity contribution in [2.24, 2.45) is 5.92 Å². The van der Waals surface area contributed by atoms with Gasteiger partial charge in [-0.15, -0.1) is 0 Å². The van der Waals surface area contributed by atoms with E-state index >= 15 is 0 Å². The van der Waals surface area contributed by atoms with Crippen molar-refractivity contribution in [1.29, 1.82) is 0 Å². The lowest BCUT2D eigenvalue weighted by atomic mass is 9.98. The SMILES string of the molecule is C=CC1=C(/C=C(/C)CF)OCC(C)C1. The minimum Gasteiger partial charge on any atom is -0.493 e. The van der Waals surface area contributed by atoms with E-state index in [-0.39, 0.29) is 0 Å². The van der Waals surface area contributed by atoms with Crippen LogP contribution in [0.2, 0.25) is 0 Å². The summed E-state index contributed by atoms with van der Waals surface area (Å²) in [6.45, 7) is 7.92. The molecule has 1 aliphatic heterocycles. The number of ether oxygens (including phenoxy) is 1. The van der Waals surface area contributed by atoms with Crippen LogP contribution in [0.25, 0.3) is 0 Å². The second kappa shape index (κ2) is 4.99. The topological polar surface area (TPSA) is 9.23 Å². The normalized spacial score (nSPS) is 23.4. The predicted octanol–water partition coefficient (Wildman–Crippen LogP) is 3.40. The summed E-state index contributed by atoms with van der Waals surface area (Å²) in [7, 11) is 0. The summed E-state index contributed by atoms with van der Waals surface area (Å²) < 4.78 is 17.8.